The fourth-order valence-electron chi connectivity index (χ4n) is 1.68. The summed E-state index contributed by atoms with van der Waals surface area (Å²) < 4.78 is 1.14. The van der Waals surface area contributed by atoms with E-state index in [1.54, 1.807) is 0 Å². The van der Waals surface area contributed by atoms with Crippen LogP contribution in [0.1, 0.15) is 45.2 Å². The average molecular weight is 256 g/mol. The molecule has 78 valence electrons. The first-order valence-electron chi connectivity index (χ1n) is 5.15. The summed E-state index contributed by atoms with van der Waals surface area (Å²) in [5.41, 5.74) is 3.00. The van der Waals surface area contributed by atoms with E-state index in [1.807, 2.05) is 12.4 Å². The van der Waals surface area contributed by atoms with E-state index < -0.39 is 0 Å². The Morgan fingerprint density at radius 2 is 1.93 bits per heavy atom. The molecule has 0 aromatic carbocycles. The first-order chi connectivity index (χ1) is 6.53. The summed E-state index contributed by atoms with van der Waals surface area (Å²) in [5, 5.41) is 0. The molecular formula is C12H18BrN. The Kier molecular flexibility index (Phi) is 3.71. The Labute approximate surface area is 95.1 Å². The molecule has 0 fully saturated rings. The smallest absolute Gasteiger partial charge is 0.0413 e. The van der Waals surface area contributed by atoms with Crippen molar-refractivity contribution in [3.63, 3.8) is 0 Å². The number of hydrogen-bond acceptors (Lipinski definition) is 1. The minimum Gasteiger partial charge on any atom is -0.263 e. The molecule has 2 heteroatoms. The number of rotatable bonds is 3. The predicted molar refractivity (Wildman–Crippen MR) is 64.6 cm³/mol. The third-order valence-corrected chi connectivity index (χ3v) is 3.52. The molecule has 1 aromatic rings. The van der Waals surface area contributed by atoms with Gasteiger partial charge in [-0.2, -0.15) is 0 Å². The van der Waals surface area contributed by atoms with Crippen LogP contribution in [0.4, 0.5) is 0 Å². The van der Waals surface area contributed by atoms with Gasteiger partial charge in [0.1, 0.15) is 0 Å². The summed E-state index contributed by atoms with van der Waals surface area (Å²) in [6, 6.07) is 0. The van der Waals surface area contributed by atoms with Gasteiger partial charge in [0, 0.05) is 16.9 Å². The molecule has 0 bridgehead atoms. The van der Waals surface area contributed by atoms with E-state index in [9.17, 15) is 0 Å². The Bertz CT molecular complexity index is 318. The molecule has 0 saturated heterocycles. The Morgan fingerprint density at radius 1 is 1.29 bits per heavy atom. The van der Waals surface area contributed by atoms with Crippen LogP contribution in [0.2, 0.25) is 0 Å². The van der Waals surface area contributed by atoms with E-state index in [2.05, 4.69) is 48.6 Å². The van der Waals surface area contributed by atoms with Crippen LogP contribution in [0.25, 0.3) is 0 Å². The Balaban J connectivity index is 3.30. The molecule has 0 unspecified atom stereocenters. The molecule has 0 atom stereocenters. The van der Waals surface area contributed by atoms with Gasteiger partial charge in [-0.3, -0.25) is 4.98 Å². The third-order valence-electron chi connectivity index (χ3n) is 2.92. The lowest BCUT2D eigenvalue weighted by Gasteiger charge is -2.27. The second-order valence-corrected chi connectivity index (χ2v) is 5.10. The van der Waals surface area contributed by atoms with Crippen LogP contribution >= 0.6 is 15.9 Å². The van der Waals surface area contributed by atoms with Gasteiger partial charge in [-0.05, 0) is 45.3 Å². The van der Waals surface area contributed by atoms with Crippen LogP contribution in [0.3, 0.4) is 0 Å². The lowest BCUT2D eigenvalue weighted by Crippen LogP contribution is -2.19. The predicted octanol–water partition coefficient (Wildman–Crippen LogP) is 4.09. The first-order valence-corrected chi connectivity index (χ1v) is 5.95. The molecule has 14 heavy (non-hydrogen) atoms. The maximum absolute atomic E-state index is 4.22. The van der Waals surface area contributed by atoms with Gasteiger partial charge in [0.15, 0.2) is 0 Å². The van der Waals surface area contributed by atoms with E-state index in [-0.39, 0.29) is 5.41 Å². The molecular weight excluding hydrogens is 238 g/mol. The highest BCUT2D eigenvalue weighted by atomic mass is 79.9. The van der Waals surface area contributed by atoms with Crippen molar-refractivity contribution in [2.24, 2.45) is 0 Å². The second-order valence-electron chi connectivity index (χ2n) is 4.25. The fraction of sp³-hybridized carbons (Fsp3) is 0.583. The van der Waals surface area contributed by atoms with Crippen LogP contribution in [0.5, 0.6) is 0 Å². The molecule has 0 N–H and O–H groups in total. The minimum atomic E-state index is 0.229. The van der Waals surface area contributed by atoms with Crippen LogP contribution in [-0.2, 0) is 11.8 Å². The van der Waals surface area contributed by atoms with Crippen molar-refractivity contribution in [1.82, 2.24) is 4.98 Å². The third kappa shape index (κ3) is 2.17. The van der Waals surface area contributed by atoms with Gasteiger partial charge >= 0.3 is 0 Å². The number of nitrogens with zero attached hydrogens (tertiary/aromatic N) is 1. The van der Waals surface area contributed by atoms with Crippen LogP contribution in [-0.4, -0.2) is 4.98 Å². The van der Waals surface area contributed by atoms with Crippen molar-refractivity contribution >= 4 is 15.9 Å². The maximum Gasteiger partial charge on any atom is 0.0413 e. The van der Waals surface area contributed by atoms with Crippen molar-refractivity contribution in [3.05, 3.63) is 28.0 Å². The molecule has 1 heterocycles. The number of pyridine rings is 1. The van der Waals surface area contributed by atoms with E-state index in [0.29, 0.717) is 0 Å². The van der Waals surface area contributed by atoms with Crippen molar-refractivity contribution < 1.29 is 0 Å². The summed E-state index contributed by atoms with van der Waals surface area (Å²) >= 11 is 3.60. The van der Waals surface area contributed by atoms with Crippen LogP contribution < -0.4 is 0 Å². The van der Waals surface area contributed by atoms with Crippen LogP contribution in [0, 0.1) is 0 Å². The lowest BCUT2D eigenvalue weighted by molar-refractivity contribution is 0.498. The lowest BCUT2D eigenvalue weighted by atomic mass is 9.80. The van der Waals surface area contributed by atoms with E-state index in [4.69, 9.17) is 0 Å². The largest absolute Gasteiger partial charge is 0.263 e. The number of halogens is 1. The SMILES string of the molecule is CCc1cncc(Br)c1C(C)(C)CC. The van der Waals surface area contributed by atoms with E-state index in [1.165, 1.54) is 11.1 Å². The number of hydrogen-bond donors (Lipinski definition) is 0. The quantitative estimate of drug-likeness (QED) is 0.793. The topological polar surface area (TPSA) is 12.9 Å². The minimum absolute atomic E-state index is 0.229. The van der Waals surface area contributed by atoms with Crippen molar-refractivity contribution in [3.8, 4) is 0 Å². The molecule has 0 aliphatic rings. The van der Waals surface area contributed by atoms with Gasteiger partial charge in [-0.1, -0.05) is 27.7 Å². The normalized spacial score (nSPS) is 11.8. The maximum atomic E-state index is 4.22. The van der Waals surface area contributed by atoms with Crippen molar-refractivity contribution in [2.45, 2.75) is 46.0 Å². The van der Waals surface area contributed by atoms with Gasteiger partial charge < -0.3 is 0 Å². The van der Waals surface area contributed by atoms with E-state index in [0.717, 1.165) is 17.3 Å². The van der Waals surface area contributed by atoms with Crippen LogP contribution in [0.15, 0.2) is 16.9 Å². The molecule has 0 spiro atoms. The molecule has 0 aliphatic heterocycles. The summed E-state index contributed by atoms with van der Waals surface area (Å²) in [4.78, 5) is 4.22. The highest BCUT2D eigenvalue weighted by molar-refractivity contribution is 9.10. The number of aryl methyl sites for hydroxylation is 1. The highest BCUT2D eigenvalue weighted by Crippen LogP contribution is 2.34. The monoisotopic (exact) mass is 255 g/mol. The Hall–Kier alpha value is -0.370. The molecule has 1 aromatic heterocycles. The average Bonchev–Trinajstić information content (AvgIpc) is 2.17. The Morgan fingerprint density at radius 3 is 2.43 bits per heavy atom. The summed E-state index contributed by atoms with van der Waals surface area (Å²) in [7, 11) is 0. The molecule has 1 rings (SSSR count). The van der Waals surface area contributed by atoms with E-state index >= 15 is 0 Å². The van der Waals surface area contributed by atoms with Gasteiger partial charge in [-0.25, -0.2) is 0 Å². The zero-order valence-corrected chi connectivity index (χ0v) is 11.0. The first kappa shape index (κ1) is 11.7. The second kappa shape index (κ2) is 4.43. The van der Waals surface area contributed by atoms with Gasteiger partial charge in [0.2, 0.25) is 0 Å². The van der Waals surface area contributed by atoms with Gasteiger partial charge in [0.05, 0.1) is 0 Å². The molecule has 0 saturated carbocycles. The van der Waals surface area contributed by atoms with Crippen molar-refractivity contribution in [1.29, 1.82) is 0 Å². The summed E-state index contributed by atoms with van der Waals surface area (Å²) in [6.45, 7) is 8.98. The standard InChI is InChI=1S/C12H18BrN/c1-5-9-7-14-8-10(13)11(9)12(3,4)6-2/h7-8H,5-6H2,1-4H3. The summed E-state index contributed by atoms with van der Waals surface area (Å²) in [5.74, 6) is 0. The number of aromatic nitrogens is 1. The molecule has 0 radical (unpaired) electrons. The zero-order chi connectivity index (χ0) is 10.8. The zero-order valence-electron chi connectivity index (χ0n) is 9.39. The summed E-state index contributed by atoms with van der Waals surface area (Å²) in [6.07, 6.45) is 6.07. The van der Waals surface area contributed by atoms with Gasteiger partial charge in [0.25, 0.3) is 0 Å². The van der Waals surface area contributed by atoms with Gasteiger partial charge in [-0.15, -0.1) is 0 Å². The van der Waals surface area contributed by atoms with Crippen molar-refractivity contribution in [2.75, 3.05) is 0 Å². The fourth-order valence-corrected chi connectivity index (χ4v) is 2.59. The molecule has 1 nitrogen and oxygen atoms in total. The molecule has 0 amide bonds. The highest BCUT2D eigenvalue weighted by Gasteiger charge is 2.23. The molecule has 0 aliphatic carbocycles.